The number of hydrogen-bond acceptors (Lipinski definition) is 4. The topological polar surface area (TPSA) is 43.6 Å². The molecule has 0 radical (unpaired) electrons. The molecule has 0 fully saturated rings. The van der Waals surface area contributed by atoms with Gasteiger partial charge in [-0.1, -0.05) is 29.8 Å². The Labute approximate surface area is 162 Å². The van der Waals surface area contributed by atoms with Crippen LogP contribution in [0.4, 0.5) is 0 Å². The van der Waals surface area contributed by atoms with E-state index in [0.29, 0.717) is 5.69 Å². The van der Waals surface area contributed by atoms with E-state index in [1.807, 2.05) is 54.6 Å². The van der Waals surface area contributed by atoms with Gasteiger partial charge in [-0.3, -0.25) is 9.20 Å². The summed E-state index contributed by atoms with van der Waals surface area (Å²) in [5.74, 6) is 0.851. The Morgan fingerprint density at radius 1 is 1.04 bits per heavy atom. The number of aryl methyl sites for hydroxylation is 3. The molecule has 5 heteroatoms. The standard InChI is InChI=1S/C22H20N2O2S/c1-13-5-7-16(8-6-13)20-18(12-25)24-21(15(3)27-22(24)23-20)17-9-10-19(26-4)14(2)11-17/h5-12H,1-4H3. The molecular weight excluding hydrogens is 356 g/mol. The predicted molar refractivity (Wildman–Crippen MR) is 110 cm³/mol. The van der Waals surface area contributed by atoms with Crippen molar-refractivity contribution < 1.29 is 9.53 Å². The van der Waals surface area contributed by atoms with Crippen LogP contribution in [0.2, 0.25) is 0 Å². The monoisotopic (exact) mass is 376 g/mol. The minimum absolute atomic E-state index is 0.585. The Morgan fingerprint density at radius 3 is 2.37 bits per heavy atom. The lowest BCUT2D eigenvalue weighted by atomic mass is 10.1. The number of methoxy groups -OCH3 is 1. The molecule has 0 aliphatic rings. The number of aromatic nitrogens is 2. The number of ether oxygens (including phenoxy) is 1. The van der Waals surface area contributed by atoms with Gasteiger partial charge in [0.2, 0.25) is 0 Å². The van der Waals surface area contributed by atoms with E-state index in [1.165, 1.54) is 5.56 Å². The van der Waals surface area contributed by atoms with Crippen molar-refractivity contribution in [1.82, 2.24) is 9.38 Å². The minimum Gasteiger partial charge on any atom is -0.496 e. The van der Waals surface area contributed by atoms with E-state index in [-0.39, 0.29) is 0 Å². The number of rotatable bonds is 4. The Hall–Kier alpha value is -2.92. The van der Waals surface area contributed by atoms with E-state index in [2.05, 4.69) is 13.0 Å². The number of carbonyl (C=O) groups excluding carboxylic acids is 1. The first-order chi connectivity index (χ1) is 13.0. The molecule has 0 spiro atoms. The second-order valence-corrected chi connectivity index (χ2v) is 7.82. The van der Waals surface area contributed by atoms with Crippen LogP contribution in [0.15, 0.2) is 42.5 Å². The highest BCUT2D eigenvalue weighted by Crippen LogP contribution is 2.37. The zero-order valence-electron chi connectivity index (χ0n) is 15.7. The first-order valence-corrected chi connectivity index (χ1v) is 9.54. The van der Waals surface area contributed by atoms with Crippen molar-refractivity contribution in [3.8, 4) is 28.3 Å². The van der Waals surface area contributed by atoms with Crippen molar-refractivity contribution in [3.05, 3.63) is 64.2 Å². The van der Waals surface area contributed by atoms with Gasteiger partial charge in [-0.05, 0) is 44.5 Å². The summed E-state index contributed by atoms with van der Waals surface area (Å²) >= 11 is 1.60. The summed E-state index contributed by atoms with van der Waals surface area (Å²) < 4.78 is 7.35. The molecule has 0 saturated carbocycles. The quantitative estimate of drug-likeness (QED) is 0.443. The molecule has 4 nitrogen and oxygen atoms in total. The lowest BCUT2D eigenvalue weighted by molar-refractivity contribution is 0.111. The fourth-order valence-corrected chi connectivity index (χ4v) is 4.43. The van der Waals surface area contributed by atoms with Crippen LogP contribution < -0.4 is 4.74 Å². The molecule has 0 bridgehead atoms. The highest BCUT2D eigenvalue weighted by Gasteiger charge is 2.21. The summed E-state index contributed by atoms with van der Waals surface area (Å²) in [5, 5.41) is 0. The Morgan fingerprint density at radius 2 is 1.74 bits per heavy atom. The average molecular weight is 376 g/mol. The number of imidazole rings is 1. The van der Waals surface area contributed by atoms with Crippen LogP contribution in [0.25, 0.3) is 27.5 Å². The van der Waals surface area contributed by atoms with E-state index in [1.54, 1.807) is 18.4 Å². The van der Waals surface area contributed by atoms with Gasteiger partial charge in [0.05, 0.1) is 12.8 Å². The minimum atomic E-state index is 0.585. The third-order valence-electron chi connectivity index (χ3n) is 4.79. The van der Waals surface area contributed by atoms with Gasteiger partial charge in [0.25, 0.3) is 0 Å². The van der Waals surface area contributed by atoms with Crippen molar-refractivity contribution in [2.45, 2.75) is 20.8 Å². The molecule has 2 aromatic carbocycles. The van der Waals surface area contributed by atoms with Crippen LogP contribution in [0.1, 0.15) is 26.5 Å². The van der Waals surface area contributed by atoms with Gasteiger partial charge in [-0.25, -0.2) is 4.98 Å². The second-order valence-electron chi connectivity index (χ2n) is 6.64. The lowest BCUT2D eigenvalue weighted by Gasteiger charge is -2.09. The highest BCUT2D eigenvalue weighted by atomic mass is 32.1. The smallest absolute Gasteiger partial charge is 0.195 e. The Balaban J connectivity index is 1.97. The molecular formula is C22H20N2O2S. The van der Waals surface area contributed by atoms with Crippen LogP contribution in [0.3, 0.4) is 0 Å². The van der Waals surface area contributed by atoms with Crippen molar-refractivity contribution >= 4 is 22.6 Å². The van der Waals surface area contributed by atoms with Gasteiger partial charge >= 0.3 is 0 Å². The molecule has 27 heavy (non-hydrogen) atoms. The maximum atomic E-state index is 12.0. The lowest BCUT2D eigenvalue weighted by Crippen LogP contribution is -1.96. The van der Waals surface area contributed by atoms with Crippen LogP contribution in [-0.4, -0.2) is 22.8 Å². The SMILES string of the molecule is COc1ccc(-c2c(C)sc3nc(-c4ccc(C)cc4)c(C=O)n23)cc1C. The van der Waals surface area contributed by atoms with Crippen LogP contribution >= 0.6 is 11.3 Å². The normalized spacial score (nSPS) is 11.1. The Bertz CT molecular complexity index is 1150. The summed E-state index contributed by atoms with van der Waals surface area (Å²) in [7, 11) is 1.67. The predicted octanol–water partition coefficient (Wildman–Crippen LogP) is 5.48. The number of fused-ring (bicyclic) bond motifs is 1. The molecule has 136 valence electrons. The van der Waals surface area contributed by atoms with E-state index in [0.717, 1.165) is 50.0 Å². The molecule has 0 unspecified atom stereocenters. The van der Waals surface area contributed by atoms with Gasteiger partial charge in [0.15, 0.2) is 11.2 Å². The van der Waals surface area contributed by atoms with Gasteiger partial charge in [-0.15, -0.1) is 11.3 Å². The molecule has 0 atom stereocenters. The molecule has 4 aromatic rings. The summed E-state index contributed by atoms with van der Waals surface area (Å²) in [6.07, 6.45) is 0.904. The third kappa shape index (κ3) is 2.84. The van der Waals surface area contributed by atoms with Gasteiger partial charge in [0.1, 0.15) is 17.1 Å². The van der Waals surface area contributed by atoms with Crippen molar-refractivity contribution in [2.75, 3.05) is 7.11 Å². The maximum Gasteiger partial charge on any atom is 0.195 e. The first-order valence-electron chi connectivity index (χ1n) is 8.72. The average Bonchev–Trinajstić information content (AvgIpc) is 3.16. The molecule has 0 saturated heterocycles. The molecule has 2 aromatic heterocycles. The number of hydrogen-bond donors (Lipinski definition) is 0. The van der Waals surface area contributed by atoms with Crippen LogP contribution in [0, 0.1) is 20.8 Å². The third-order valence-corrected chi connectivity index (χ3v) is 5.74. The second kappa shape index (κ2) is 6.67. The zero-order chi connectivity index (χ0) is 19.1. The van der Waals surface area contributed by atoms with E-state index in [9.17, 15) is 4.79 Å². The molecule has 0 N–H and O–H groups in total. The van der Waals surface area contributed by atoms with Gasteiger partial charge in [0, 0.05) is 16.0 Å². The van der Waals surface area contributed by atoms with Crippen molar-refractivity contribution in [1.29, 1.82) is 0 Å². The number of benzene rings is 2. The summed E-state index contributed by atoms with van der Waals surface area (Å²) in [5.41, 5.74) is 6.55. The number of thiazole rings is 1. The molecule has 0 amide bonds. The van der Waals surface area contributed by atoms with E-state index >= 15 is 0 Å². The number of carbonyl (C=O) groups is 1. The largest absolute Gasteiger partial charge is 0.496 e. The fraction of sp³-hybridized carbons (Fsp3) is 0.182. The first kappa shape index (κ1) is 17.5. The number of aldehydes is 1. The van der Waals surface area contributed by atoms with Gasteiger partial charge < -0.3 is 4.74 Å². The maximum absolute atomic E-state index is 12.0. The Kier molecular flexibility index (Phi) is 4.32. The zero-order valence-corrected chi connectivity index (χ0v) is 16.6. The van der Waals surface area contributed by atoms with E-state index in [4.69, 9.17) is 9.72 Å². The van der Waals surface area contributed by atoms with Crippen LogP contribution in [0.5, 0.6) is 5.75 Å². The number of nitrogens with zero attached hydrogens (tertiary/aromatic N) is 2. The van der Waals surface area contributed by atoms with Gasteiger partial charge in [-0.2, -0.15) is 0 Å². The van der Waals surface area contributed by atoms with E-state index < -0.39 is 0 Å². The van der Waals surface area contributed by atoms with Crippen molar-refractivity contribution in [3.63, 3.8) is 0 Å². The molecule has 4 rings (SSSR count). The summed E-state index contributed by atoms with van der Waals surface area (Å²) in [6.45, 7) is 6.13. The van der Waals surface area contributed by atoms with Crippen LogP contribution in [-0.2, 0) is 0 Å². The van der Waals surface area contributed by atoms with Crippen molar-refractivity contribution in [2.24, 2.45) is 0 Å². The highest BCUT2D eigenvalue weighted by molar-refractivity contribution is 7.17. The molecule has 2 heterocycles. The molecule has 0 aliphatic carbocycles. The molecule has 0 aliphatic heterocycles. The summed E-state index contributed by atoms with van der Waals surface area (Å²) in [6, 6.07) is 14.2. The fourth-order valence-electron chi connectivity index (χ4n) is 3.43. The summed E-state index contributed by atoms with van der Waals surface area (Å²) in [4.78, 5) is 18.8.